The molecule has 1 amide bonds. The normalized spacial score (nSPS) is 11.2. The highest BCUT2D eigenvalue weighted by Gasteiger charge is 2.21. The summed E-state index contributed by atoms with van der Waals surface area (Å²) < 4.78 is 31.9. The van der Waals surface area contributed by atoms with Gasteiger partial charge in [-0.15, -0.1) is 0 Å². The summed E-state index contributed by atoms with van der Waals surface area (Å²) in [5.41, 5.74) is 1.97. The van der Waals surface area contributed by atoms with Gasteiger partial charge in [0.05, 0.1) is 10.6 Å². The zero-order chi connectivity index (χ0) is 19.9. The second-order valence-corrected chi connectivity index (χ2v) is 8.11. The molecule has 27 heavy (non-hydrogen) atoms. The summed E-state index contributed by atoms with van der Waals surface area (Å²) in [5.74, 6) is -0.193. The number of nitrogens with zero attached hydrogens (tertiary/aromatic N) is 1. The molecule has 0 aliphatic rings. The first kappa shape index (κ1) is 20.9. The van der Waals surface area contributed by atoms with Crippen LogP contribution in [-0.2, 0) is 14.8 Å². The Morgan fingerprint density at radius 1 is 1.07 bits per heavy atom. The zero-order valence-electron chi connectivity index (χ0n) is 15.9. The highest BCUT2D eigenvalue weighted by atomic mass is 32.2. The number of carbonyl (C=O) groups excluding carboxylic acids is 1. The van der Waals surface area contributed by atoms with Gasteiger partial charge in [-0.05, 0) is 56.7 Å². The van der Waals surface area contributed by atoms with Crippen LogP contribution in [0.4, 0.5) is 5.69 Å². The van der Waals surface area contributed by atoms with E-state index in [2.05, 4.69) is 5.32 Å². The van der Waals surface area contributed by atoms with E-state index < -0.39 is 10.0 Å². The molecule has 2 aromatic carbocycles. The molecule has 0 radical (unpaired) electrons. The van der Waals surface area contributed by atoms with Crippen molar-refractivity contribution in [3.8, 4) is 0 Å². The Hall–Kier alpha value is -2.38. The maximum Gasteiger partial charge on any atom is 0.264 e. The standard InChI is InChI=1S/C20H26N2O4S/c1-4-26-15-5-14-21-20(23)17-8-10-18(11-9-17)22(3)27(24,25)19-12-6-16(2)7-13-19/h6-13H,4-5,14-15H2,1-3H3,(H,21,23). The Morgan fingerprint density at radius 2 is 1.70 bits per heavy atom. The van der Waals surface area contributed by atoms with Gasteiger partial charge in [0.2, 0.25) is 0 Å². The topological polar surface area (TPSA) is 75.7 Å². The smallest absolute Gasteiger partial charge is 0.264 e. The van der Waals surface area contributed by atoms with E-state index in [0.717, 1.165) is 12.0 Å². The number of rotatable bonds is 9. The molecule has 0 aromatic heterocycles. The molecule has 146 valence electrons. The van der Waals surface area contributed by atoms with Crippen molar-refractivity contribution in [3.05, 3.63) is 59.7 Å². The first-order valence-electron chi connectivity index (χ1n) is 8.88. The van der Waals surface area contributed by atoms with Gasteiger partial charge in [-0.2, -0.15) is 0 Å². The minimum absolute atomic E-state index is 0.193. The molecular formula is C20H26N2O4S. The molecule has 2 aromatic rings. The van der Waals surface area contributed by atoms with Crippen LogP contribution in [0.3, 0.4) is 0 Å². The number of nitrogens with one attached hydrogen (secondary N) is 1. The highest BCUT2D eigenvalue weighted by Crippen LogP contribution is 2.22. The minimum Gasteiger partial charge on any atom is -0.382 e. The van der Waals surface area contributed by atoms with Gasteiger partial charge in [0.1, 0.15) is 0 Å². The molecule has 0 aliphatic heterocycles. The molecule has 0 saturated heterocycles. The van der Waals surface area contributed by atoms with Crippen LogP contribution in [0, 0.1) is 6.92 Å². The lowest BCUT2D eigenvalue weighted by Gasteiger charge is -2.20. The molecular weight excluding hydrogens is 364 g/mol. The number of hydrogen-bond donors (Lipinski definition) is 1. The summed E-state index contributed by atoms with van der Waals surface area (Å²) in [6.45, 7) is 5.63. The van der Waals surface area contributed by atoms with Crippen molar-refractivity contribution in [1.29, 1.82) is 0 Å². The van der Waals surface area contributed by atoms with Gasteiger partial charge < -0.3 is 10.1 Å². The van der Waals surface area contributed by atoms with E-state index in [-0.39, 0.29) is 10.8 Å². The third kappa shape index (κ3) is 5.55. The van der Waals surface area contributed by atoms with Crippen LogP contribution in [0.1, 0.15) is 29.3 Å². The summed E-state index contributed by atoms with van der Waals surface area (Å²) in [4.78, 5) is 12.4. The van der Waals surface area contributed by atoms with Crippen LogP contribution >= 0.6 is 0 Å². The van der Waals surface area contributed by atoms with Crippen LogP contribution in [0.15, 0.2) is 53.4 Å². The molecule has 7 heteroatoms. The van der Waals surface area contributed by atoms with Crippen LogP contribution in [-0.4, -0.2) is 41.1 Å². The fourth-order valence-electron chi connectivity index (χ4n) is 2.45. The van der Waals surface area contributed by atoms with Crippen molar-refractivity contribution in [3.63, 3.8) is 0 Å². The number of amides is 1. The molecule has 0 heterocycles. The predicted molar refractivity (Wildman–Crippen MR) is 107 cm³/mol. The maximum atomic E-state index is 12.7. The number of carbonyl (C=O) groups is 1. The molecule has 6 nitrogen and oxygen atoms in total. The van der Waals surface area contributed by atoms with Crippen molar-refractivity contribution in [2.45, 2.75) is 25.2 Å². The second kappa shape index (κ2) is 9.53. The number of ether oxygens (including phenoxy) is 1. The van der Waals surface area contributed by atoms with E-state index in [4.69, 9.17) is 4.74 Å². The summed E-state index contributed by atoms with van der Waals surface area (Å²) in [5, 5.41) is 2.82. The first-order chi connectivity index (χ1) is 12.9. The highest BCUT2D eigenvalue weighted by molar-refractivity contribution is 7.92. The second-order valence-electron chi connectivity index (χ2n) is 6.14. The summed E-state index contributed by atoms with van der Waals surface area (Å²) in [6, 6.07) is 13.2. The van der Waals surface area contributed by atoms with E-state index in [9.17, 15) is 13.2 Å². The lowest BCUT2D eigenvalue weighted by molar-refractivity contribution is 0.0944. The van der Waals surface area contributed by atoms with Gasteiger partial charge in [0.15, 0.2) is 0 Å². The average molecular weight is 391 g/mol. The largest absolute Gasteiger partial charge is 0.382 e. The summed E-state index contributed by atoms with van der Waals surface area (Å²) in [7, 11) is -2.15. The quantitative estimate of drug-likeness (QED) is 0.668. The first-order valence-corrected chi connectivity index (χ1v) is 10.3. The molecule has 1 N–H and O–H groups in total. The minimum atomic E-state index is -3.65. The Kier molecular flexibility index (Phi) is 7.38. The average Bonchev–Trinajstić information content (AvgIpc) is 2.67. The Balaban J connectivity index is 2.03. The fraction of sp³-hybridized carbons (Fsp3) is 0.350. The molecule has 0 bridgehead atoms. The SMILES string of the molecule is CCOCCCNC(=O)c1ccc(N(C)S(=O)(=O)c2ccc(C)cc2)cc1. The molecule has 0 fully saturated rings. The van der Waals surface area contributed by atoms with Gasteiger partial charge >= 0.3 is 0 Å². The Bertz CT molecular complexity index is 847. The van der Waals surface area contributed by atoms with Crippen LogP contribution in [0.2, 0.25) is 0 Å². The molecule has 0 saturated carbocycles. The molecule has 0 spiro atoms. The Labute approximate surface area is 161 Å². The van der Waals surface area contributed by atoms with Gasteiger partial charge in [-0.1, -0.05) is 17.7 Å². The monoisotopic (exact) mass is 390 g/mol. The van der Waals surface area contributed by atoms with Crippen LogP contribution in [0.5, 0.6) is 0 Å². The molecule has 0 aliphatic carbocycles. The molecule has 2 rings (SSSR count). The van der Waals surface area contributed by atoms with Crippen molar-refractivity contribution in [2.24, 2.45) is 0 Å². The summed E-state index contributed by atoms with van der Waals surface area (Å²) >= 11 is 0. The molecule has 0 atom stereocenters. The third-order valence-corrected chi connectivity index (χ3v) is 5.93. The van der Waals surface area contributed by atoms with Gasteiger partial charge in [0.25, 0.3) is 15.9 Å². The van der Waals surface area contributed by atoms with Crippen LogP contribution < -0.4 is 9.62 Å². The third-order valence-electron chi connectivity index (χ3n) is 4.13. The maximum absolute atomic E-state index is 12.7. The number of anilines is 1. The van der Waals surface area contributed by atoms with Crippen LogP contribution in [0.25, 0.3) is 0 Å². The number of hydrogen-bond acceptors (Lipinski definition) is 4. The molecule has 0 unspecified atom stereocenters. The lowest BCUT2D eigenvalue weighted by Crippen LogP contribution is -2.27. The number of sulfonamides is 1. The van der Waals surface area contributed by atoms with E-state index in [0.29, 0.717) is 31.0 Å². The van der Waals surface area contributed by atoms with E-state index in [1.54, 1.807) is 48.5 Å². The lowest BCUT2D eigenvalue weighted by atomic mass is 10.2. The van der Waals surface area contributed by atoms with Crippen molar-refractivity contribution < 1.29 is 17.9 Å². The summed E-state index contributed by atoms with van der Waals surface area (Å²) in [6.07, 6.45) is 0.745. The van der Waals surface area contributed by atoms with E-state index in [1.807, 2.05) is 13.8 Å². The van der Waals surface area contributed by atoms with E-state index >= 15 is 0 Å². The van der Waals surface area contributed by atoms with Gasteiger partial charge in [0, 0.05) is 32.4 Å². The predicted octanol–water partition coefficient (Wildman–Crippen LogP) is 2.98. The van der Waals surface area contributed by atoms with E-state index in [1.165, 1.54) is 11.4 Å². The zero-order valence-corrected chi connectivity index (χ0v) is 16.8. The Morgan fingerprint density at radius 3 is 2.30 bits per heavy atom. The van der Waals surface area contributed by atoms with Crippen molar-refractivity contribution in [1.82, 2.24) is 5.32 Å². The van der Waals surface area contributed by atoms with Crippen molar-refractivity contribution >= 4 is 21.6 Å². The number of aryl methyl sites for hydroxylation is 1. The number of benzene rings is 2. The van der Waals surface area contributed by atoms with Gasteiger partial charge in [-0.3, -0.25) is 9.10 Å². The fourth-order valence-corrected chi connectivity index (χ4v) is 3.65. The van der Waals surface area contributed by atoms with Crippen molar-refractivity contribution in [2.75, 3.05) is 31.1 Å². The van der Waals surface area contributed by atoms with Gasteiger partial charge in [-0.25, -0.2) is 8.42 Å².